The predicted octanol–water partition coefficient (Wildman–Crippen LogP) is 4.53. The largest absolute Gasteiger partial charge is 0.496 e. The lowest BCUT2D eigenvalue weighted by Crippen LogP contribution is -2.28. The van der Waals surface area contributed by atoms with E-state index in [0.29, 0.717) is 36.4 Å². The first kappa shape index (κ1) is 23.7. The van der Waals surface area contributed by atoms with Gasteiger partial charge in [-0.15, -0.1) is 0 Å². The SMILES string of the molecule is COc1cc(C(C)C)c(OCCN(C)CCOc2c(OC)cccc2OC)cc1C. The third kappa shape index (κ3) is 6.20. The molecule has 0 bridgehead atoms. The summed E-state index contributed by atoms with van der Waals surface area (Å²) in [5, 5.41) is 0. The van der Waals surface area contributed by atoms with E-state index >= 15 is 0 Å². The molecule has 0 aromatic heterocycles. The summed E-state index contributed by atoms with van der Waals surface area (Å²) in [6.45, 7) is 9.01. The monoisotopic (exact) mass is 417 g/mol. The Bertz CT molecular complexity index is 784. The Labute approximate surface area is 180 Å². The summed E-state index contributed by atoms with van der Waals surface area (Å²) in [5.41, 5.74) is 2.23. The predicted molar refractivity (Wildman–Crippen MR) is 120 cm³/mol. The van der Waals surface area contributed by atoms with Gasteiger partial charge in [-0.1, -0.05) is 19.9 Å². The minimum absolute atomic E-state index is 0.358. The molecule has 0 aliphatic heterocycles. The number of nitrogens with zero attached hydrogens (tertiary/aromatic N) is 1. The number of rotatable bonds is 12. The van der Waals surface area contributed by atoms with Crippen molar-refractivity contribution in [3.05, 3.63) is 41.5 Å². The van der Waals surface area contributed by atoms with E-state index in [-0.39, 0.29) is 0 Å². The number of benzene rings is 2. The third-order valence-electron chi connectivity index (χ3n) is 4.98. The number of methoxy groups -OCH3 is 3. The second-order valence-electron chi connectivity index (χ2n) is 7.51. The number of hydrogen-bond acceptors (Lipinski definition) is 6. The maximum atomic E-state index is 6.11. The molecule has 6 nitrogen and oxygen atoms in total. The molecule has 0 heterocycles. The first-order valence-electron chi connectivity index (χ1n) is 10.2. The van der Waals surface area contributed by atoms with E-state index in [9.17, 15) is 0 Å². The molecule has 2 aromatic rings. The fraction of sp³-hybridized carbons (Fsp3) is 0.500. The average molecular weight is 418 g/mol. The van der Waals surface area contributed by atoms with Crippen molar-refractivity contribution >= 4 is 0 Å². The van der Waals surface area contributed by atoms with Crippen molar-refractivity contribution in [3.63, 3.8) is 0 Å². The zero-order chi connectivity index (χ0) is 22.1. The lowest BCUT2D eigenvalue weighted by molar-refractivity contribution is 0.194. The molecule has 2 rings (SSSR count). The zero-order valence-corrected chi connectivity index (χ0v) is 19.3. The highest BCUT2D eigenvalue weighted by Gasteiger charge is 2.14. The standard InChI is InChI=1S/C24H35NO5/c1-17(2)19-16-22(28-7)18(3)15-23(19)29-13-11-25(4)12-14-30-24-20(26-5)9-8-10-21(24)27-6/h8-10,15-17H,11-14H2,1-7H3. The van der Waals surface area contributed by atoms with Crippen LogP contribution in [0.15, 0.2) is 30.3 Å². The number of hydrogen-bond donors (Lipinski definition) is 0. The number of aryl methyl sites for hydroxylation is 1. The van der Waals surface area contributed by atoms with E-state index in [1.165, 1.54) is 0 Å². The van der Waals surface area contributed by atoms with Crippen molar-refractivity contribution in [3.8, 4) is 28.7 Å². The van der Waals surface area contributed by atoms with Crippen LogP contribution in [0.25, 0.3) is 0 Å². The smallest absolute Gasteiger partial charge is 0.203 e. The number of para-hydroxylation sites is 1. The normalized spacial score (nSPS) is 11.0. The van der Waals surface area contributed by atoms with Gasteiger partial charge in [-0.25, -0.2) is 0 Å². The highest BCUT2D eigenvalue weighted by Crippen LogP contribution is 2.36. The Balaban J connectivity index is 1.87. The molecular formula is C24H35NO5. The first-order chi connectivity index (χ1) is 14.4. The topological polar surface area (TPSA) is 49.4 Å². The molecule has 0 aliphatic carbocycles. The number of ether oxygens (including phenoxy) is 5. The van der Waals surface area contributed by atoms with Gasteiger partial charge in [-0.2, -0.15) is 0 Å². The van der Waals surface area contributed by atoms with Crippen LogP contribution >= 0.6 is 0 Å². The van der Waals surface area contributed by atoms with E-state index in [1.54, 1.807) is 21.3 Å². The van der Waals surface area contributed by atoms with Crippen molar-refractivity contribution in [1.82, 2.24) is 4.90 Å². The maximum Gasteiger partial charge on any atom is 0.203 e. The Morgan fingerprint density at radius 2 is 1.37 bits per heavy atom. The Hall–Kier alpha value is -2.60. The van der Waals surface area contributed by atoms with Crippen LogP contribution in [0.3, 0.4) is 0 Å². The summed E-state index contributed by atoms with van der Waals surface area (Å²) in [5.74, 6) is 4.13. The lowest BCUT2D eigenvalue weighted by atomic mass is 10.00. The fourth-order valence-electron chi connectivity index (χ4n) is 3.16. The van der Waals surface area contributed by atoms with Crippen LogP contribution in [-0.4, -0.2) is 59.6 Å². The van der Waals surface area contributed by atoms with Crippen LogP contribution in [0.2, 0.25) is 0 Å². The van der Waals surface area contributed by atoms with Crippen molar-refractivity contribution in [1.29, 1.82) is 0 Å². The summed E-state index contributed by atoms with van der Waals surface area (Å²) in [4.78, 5) is 2.17. The van der Waals surface area contributed by atoms with E-state index in [1.807, 2.05) is 25.1 Å². The van der Waals surface area contributed by atoms with Crippen molar-refractivity contribution in [2.45, 2.75) is 26.7 Å². The van der Waals surface area contributed by atoms with Crippen LogP contribution < -0.4 is 23.7 Å². The van der Waals surface area contributed by atoms with Gasteiger partial charge in [0.15, 0.2) is 11.5 Å². The Kier molecular flexibility index (Phi) is 9.12. The van der Waals surface area contributed by atoms with Gasteiger partial charge in [0.1, 0.15) is 24.7 Å². The quantitative estimate of drug-likeness (QED) is 0.506. The van der Waals surface area contributed by atoms with Crippen LogP contribution in [-0.2, 0) is 0 Å². The highest BCUT2D eigenvalue weighted by molar-refractivity contribution is 5.51. The van der Waals surface area contributed by atoms with Gasteiger partial charge < -0.3 is 23.7 Å². The summed E-state index contributed by atoms with van der Waals surface area (Å²) in [6.07, 6.45) is 0. The van der Waals surface area contributed by atoms with E-state index < -0.39 is 0 Å². The van der Waals surface area contributed by atoms with E-state index in [4.69, 9.17) is 23.7 Å². The van der Waals surface area contributed by atoms with Crippen LogP contribution in [0, 0.1) is 6.92 Å². The maximum absolute atomic E-state index is 6.11. The summed E-state index contributed by atoms with van der Waals surface area (Å²) in [7, 11) is 6.99. The minimum atomic E-state index is 0.358. The van der Waals surface area contributed by atoms with Gasteiger partial charge in [0, 0.05) is 18.7 Å². The molecule has 0 saturated carbocycles. The molecule has 0 spiro atoms. The molecule has 166 valence electrons. The van der Waals surface area contributed by atoms with Gasteiger partial charge in [0.2, 0.25) is 5.75 Å². The van der Waals surface area contributed by atoms with Gasteiger partial charge in [0.25, 0.3) is 0 Å². The van der Waals surface area contributed by atoms with Crippen molar-refractivity contribution < 1.29 is 23.7 Å². The van der Waals surface area contributed by atoms with Crippen LogP contribution in [0.5, 0.6) is 28.7 Å². The van der Waals surface area contributed by atoms with Crippen LogP contribution in [0.4, 0.5) is 0 Å². The first-order valence-corrected chi connectivity index (χ1v) is 10.2. The highest BCUT2D eigenvalue weighted by atomic mass is 16.5. The molecule has 0 aliphatic rings. The molecule has 0 unspecified atom stereocenters. The summed E-state index contributed by atoms with van der Waals surface area (Å²) < 4.78 is 28.2. The molecule has 0 saturated heterocycles. The molecule has 2 aromatic carbocycles. The second kappa shape index (κ2) is 11.6. The van der Waals surface area contributed by atoms with Crippen molar-refractivity contribution in [2.24, 2.45) is 0 Å². The summed E-state index contributed by atoms with van der Waals surface area (Å²) in [6, 6.07) is 9.73. The van der Waals surface area contributed by atoms with E-state index in [2.05, 4.69) is 37.9 Å². The fourth-order valence-corrected chi connectivity index (χ4v) is 3.16. The molecule has 0 fully saturated rings. The van der Waals surface area contributed by atoms with Gasteiger partial charge >= 0.3 is 0 Å². The van der Waals surface area contributed by atoms with Crippen LogP contribution in [0.1, 0.15) is 30.9 Å². The molecule has 30 heavy (non-hydrogen) atoms. The second-order valence-corrected chi connectivity index (χ2v) is 7.51. The van der Waals surface area contributed by atoms with Gasteiger partial charge in [-0.3, -0.25) is 4.90 Å². The Morgan fingerprint density at radius 1 is 0.800 bits per heavy atom. The van der Waals surface area contributed by atoms with Gasteiger partial charge in [-0.05, 0) is 49.7 Å². The zero-order valence-electron chi connectivity index (χ0n) is 19.3. The van der Waals surface area contributed by atoms with Crippen molar-refractivity contribution in [2.75, 3.05) is 54.7 Å². The van der Waals surface area contributed by atoms with Gasteiger partial charge in [0.05, 0.1) is 21.3 Å². The number of likely N-dealkylation sites (N-methyl/N-ethyl adjacent to an activating group) is 1. The molecule has 0 amide bonds. The Morgan fingerprint density at radius 3 is 1.90 bits per heavy atom. The summed E-state index contributed by atoms with van der Waals surface area (Å²) >= 11 is 0. The molecule has 0 radical (unpaired) electrons. The minimum Gasteiger partial charge on any atom is -0.496 e. The molecule has 0 N–H and O–H groups in total. The van der Waals surface area contributed by atoms with E-state index in [0.717, 1.165) is 35.7 Å². The molecule has 6 heteroatoms. The average Bonchev–Trinajstić information content (AvgIpc) is 2.73. The lowest BCUT2D eigenvalue weighted by Gasteiger charge is -2.21. The molecule has 0 atom stereocenters. The molecular weight excluding hydrogens is 382 g/mol. The third-order valence-corrected chi connectivity index (χ3v) is 4.98.